The highest BCUT2D eigenvalue weighted by Crippen LogP contribution is 2.33. The Morgan fingerprint density at radius 2 is 1.84 bits per heavy atom. The molecule has 2 heterocycles. The van der Waals surface area contributed by atoms with Gasteiger partial charge in [-0.3, -0.25) is 14.8 Å². The second-order valence-electron chi connectivity index (χ2n) is 8.97. The fraction of sp³-hybridized carbons (Fsp3) is 0.577. The number of hydrogen-bond acceptors (Lipinski definition) is 5. The lowest BCUT2D eigenvalue weighted by Crippen LogP contribution is -2.39. The van der Waals surface area contributed by atoms with Crippen molar-refractivity contribution in [3.63, 3.8) is 0 Å². The van der Waals surface area contributed by atoms with Crippen LogP contribution in [0, 0.1) is 0 Å². The van der Waals surface area contributed by atoms with Crippen molar-refractivity contribution in [2.24, 2.45) is 0 Å². The molecule has 0 amide bonds. The van der Waals surface area contributed by atoms with Crippen LogP contribution < -0.4 is 9.47 Å². The summed E-state index contributed by atoms with van der Waals surface area (Å²) in [5.74, 6) is 1.73. The van der Waals surface area contributed by atoms with Gasteiger partial charge in [-0.15, -0.1) is 12.4 Å². The molecule has 0 bridgehead atoms. The SMILES string of the molecule is CCN1CCCC1CN(Cc1cccnc1)Cc1ccc(OC2CCCC2)c(OC)c1.Cl. The van der Waals surface area contributed by atoms with E-state index in [1.165, 1.54) is 43.4 Å². The van der Waals surface area contributed by atoms with Gasteiger partial charge in [0.15, 0.2) is 11.5 Å². The van der Waals surface area contributed by atoms with Gasteiger partial charge in [0, 0.05) is 38.1 Å². The van der Waals surface area contributed by atoms with Gasteiger partial charge in [-0.1, -0.05) is 19.1 Å². The van der Waals surface area contributed by atoms with E-state index >= 15 is 0 Å². The van der Waals surface area contributed by atoms with E-state index in [1.807, 2.05) is 18.5 Å². The van der Waals surface area contributed by atoms with Crippen LogP contribution in [0.1, 0.15) is 56.6 Å². The van der Waals surface area contributed by atoms with E-state index in [0.717, 1.165) is 50.5 Å². The Morgan fingerprint density at radius 3 is 2.56 bits per heavy atom. The molecular formula is C26H38ClN3O2. The van der Waals surface area contributed by atoms with Crippen molar-refractivity contribution in [2.45, 2.75) is 70.7 Å². The lowest BCUT2D eigenvalue weighted by Gasteiger charge is -2.30. The largest absolute Gasteiger partial charge is 0.493 e. The summed E-state index contributed by atoms with van der Waals surface area (Å²) in [6.07, 6.45) is 11.6. The Hall–Kier alpha value is -1.82. The number of likely N-dealkylation sites (N-methyl/N-ethyl adjacent to an activating group) is 1. The first kappa shape index (κ1) is 24.8. The minimum absolute atomic E-state index is 0. The zero-order valence-electron chi connectivity index (χ0n) is 19.5. The van der Waals surface area contributed by atoms with Crippen LogP contribution in [0.4, 0.5) is 0 Å². The van der Waals surface area contributed by atoms with E-state index < -0.39 is 0 Å². The molecule has 176 valence electrons. The summed E-state index contributed by atoms with van der Waals surface area (Å²) in [7, 11) is 1.74. The van der Waals surface area contributed by atoms with Gasteiger partial charge in [0.25, 0.3) is 0 Å². The van der Waals surface area contributed by atoms with Gasteiger partial charge in [-0.05, 0) is 80.9 Å². The Balaban J connectivity index is 0.00000289. The molecule has 32 heavy (non-hydrogen) atoms. The van der Waals surface area contributed by atoms with Crippen LogP contribution in [0.3, 0.4) is 0 Å². The minimum Gasteiger partial charge on any atom is -0.493 e. The van der Waals surface area contributed by atoms with E-state index in [9.17, 15) is 0 Å². The molecule has 5 nitrogen and oxygen atoms in total. The molecule has 2 aliphatic rings. The molecule has 2 aromatic rings. The number of rotatable bonds is 10. The Morgan fingerprint density at radius 1 is 1.03 bits per heavy atom. The first-order chi connectivity index (χ1) is 15.2. The topological polar surface area (TPSA) is 37.8 Å². The van der Waals surface area contributed by atoms with Crippen molar-refractivity contribution < 1.29 is 9.47 Å². The normalized spacial score (nSPS) is 19.3. The molecule has 1 unspecified atom stereocenters. The standard InChI is InChI=1S/C26H37N3O2.ClH/c1-3-29-15-7-9-23(29)20-28(19-22-8-6-14-27-17-22)18-21-12-13-25(26(16-21)30-2)31-24-10-4-5-11-24;/h6,8,12-14,16-17,23-24H,3-5,7,9-11,15,18-20H2,1-2H3;1H. The molecule has 1 aromatic carbocycles. The van der Waals surface area contributed by atoms with Gasteiger partial charge >= 0.3 is 0 Å². The van der Waals surface area contributed by atoms with Gasteiger partial charge in [0.2, 0.25) is 0 Å². The van der Waals surface area contributed by atoms with Gasteiger partial charge in [0.05, 0.1) is 13.2 Å². The molecule has 0 N–H and O–H groups in total. The average molecular weight is 460 g/mol. The van der Waals surface area contributed by atoms with Crippen LogP contribution in [0.2, 0.25) is 0 Å². The first-order valence-electron chi connectivity index (χ1n) is 11.9. The predicted molar refractivity (Wildman–Crippen MR) is 132 cm³/mol. The Bertz CT molecular complexity index is 814. The van der Waals surface area contributed by atoms with E-state index in [4.69, 9.17) is 9.47 Å². The summed E-state index contributed by atoms with van der Waals surface area (Å²) >= 11 is 0. The van der Waals surface area contributed by atoms with Crippen LogP contribution in [0.25, 0.3) is 0 Å². The second kappa shape index (κ2) is 12.4. The van der Waals surface area contributed by atoms with E-state index in [-0.39, 0.29) is 12.4 Å². The Kier molecular flexibility index (Phi) is 9.64. The lowest BCUT2D eigenvalue weighted by molar-refractivity contribution is 0.165. The highest BCUT2D eigenvalue weighted by atomic mass is 35.5. The highest BCUT2D eigenvalue weighted by Gasteiger charge is 2.25. The van der Waals surface area contributed by atoms with Crippen LogP contribution in [-0.4, -0.2) is 53.7 Å². The molecule has 1 aromatic heterocycles. The molecule has 4 rings (SSSR count). The van der Waals surface area contributed by atoms with Crippen molar-refractivity contribution in [2.75, 3.05) is 26.7 Å². The number of ether oxygens (including phenoxy) is 2. The fourth-order valence-electron chi connectivity index (χ4n) is 5.10. The molecule has 1 saturated heterocycles. The van der Waals surface area contributed by atoms with E-state index in [1.54, 1.807) is 7.11 Å². The number of pyridine rings is 1. The fourth-order valence-corrected chi connectivity index (χ4v) is 5.10. The molecule has 0 spiro atoms. The quantitative estimate of drug-likeness (QED) is 0.480. The number of aromatic nitrogens is 1. The summed E-state index contributed by atoms with van der Waals surface area (Å²) in [6.45, 7) is 7.51. The molecule has 1 aliphatic carbocycles. The summed E-state index contributed by atoms with van der Waals surface area (Å²) < 4.78 is 11.9. The van der Waals surface area contributed by atoms with Crippen molar-refractivity contribution in [3.8, 4) is 11.5 Å². The number of halogens is 1. The zero-order valence-corrected chi connectivity index (χ0v) is 20.4. The third-order valence-corrected chi connectivity index (χ3v) is 6.73. The maximum absolute atomic E-state index is 6.24. The second-order valence-corrected chi connectivity index (χ2v) is 8.97. The first-order valence-corrected chi connectivity index (χ1v) is 11.9. The molecule has 6 heteroatoms. The number of benzene rings is 1. The number of nitrogens with zero attached hydrogens (tertiary/aromatic N) is 3. The van der Waals surface area contributed by atoms with Crippen LogP contribution in [0.15, 0.2) is 42.7 Å². The van der Waals surface area contributed by atoms with Crippen molar-refractivity contribution in [1.29, 1.82) is 0 Å². The maximum atomic E-state index is 6.24. The Labute approximate surface area is 199 Å². The molecular weight excluding hydrogens is 422 g/mol. The summed E-state index contributed by atoms with van der Waals surface area (Å²) in [5, 5.41) is 0. The number of methoxy groups -OCH3 is 1. The predicted octanol–water partition coefficient (Wildman–Crippen LogP) is 5.32. The zero-order chi connectivity index (χ0) is 21.5. The summed E-state index contributed by atoms with van der Waals surface area (Å²) in [6, 6.07) is 11.3. The molecule has 0 radical (unpaired) electrons. The van der Waals surface area contributed by atoms with Gasteiger partial charge in [-0.2, -0.15) is 0 Å². The van der Waals surface area contributed by atoms with Crippen molar-refractivity contribution in [3.05, 3.63) is 53.9 Å². The number of hydrogen-bond donors (Lipinski definition) is 0. The van der Waals surface area contributed by atoms with Crippen LogP contribution in [-0.2, 0) is 13.1 Å². The molecule has 1 saturated carbocycles. The number of likely N-dealkylation sites (tertiary alicyclic amines) is 1. The van der Waals surface area contributed by atoms with Crippen molar-refractivity contribution >= 4 is 12.4 Å². The molecule has 1 aliphatic heterocycles. The maximum Gasteiger partial charge on any atom is 0.161 e. The van der Waals surface area contributed by atoms with Crippen LogP contribution in [0.5, 0.6) is 11.5 Å². The van der Waals surface area contributed by atoms with Gasteiger partial charge < -0.3 is 9.47 Å². The third kappa shape index (κ3) is 6.60. The van der Waals surface area contributed by atoms with Crippen molar-refractivity contribution in [1.82, 2.24) is 14.8 Å². The monoisotopic (exact) mass is 459 g/mol. The summed E-state index contributed by atoms with van der Waals surface area (Å²) in [5.41, 5.74) is 2.53. The van der Waals surface area contributed by atoms with Gasteiger partial charge in [-0.25, -0.2) is 0 Å². The smallest absolute Gasteiger partial charge is 0.161 e. The average Bonchev–Trinajstić information content (AvgIpc) is 3.47. The lowest BCUT2D eigenvalue weighted by atomic mass is 10.1. The third-order valence-electron chi connectivity index (χ3n) is 6.73. The van der Waals surface area contributed by atoms with Gasteiger partial charge in [0.1, 0.15) is 0 Å². The highest BCUT2D eigenvalue weighted by molar-refractivity contribution is 5.85. The van der Waals surface area contributed by atoms with Crippen LogP contribution >= 0.6 is 12.4 Å². The molecule has 2 fully saturated rings. The minimum atomic E-state index is 0. The van der Waals surface area contributed by atoms with E-state index in [0.29, 0.717) is 12.1 Å². The van der Waals surface area contributed by atoms with E-state index in [2.05, 4.69) is 46.0 Å². The molecule has 1 atom stereocenters. The summed E-state index contributed by atoms with van der Waals surface area (Å²) in [4.78, 5) is 9.50.